The van der Waals surface area contributed by atoms with Crippen molar-refractivity contribution in [1.82, 2.24) is 10.6 Å². The monoisotopic (exact) mass is 342 g/mol. The number of amides is 1. The van der Waals surface area contributed by atoms with Gasteiger partial charge in [0.25, 0.3) is 0 Å². The molecule has 1 rings (SSSR count). The molecular weight excluding hydrogens is 316 g/mol. The topological polar surface area (TPSA) is 67.4 Å². The first-order valence-corrected chi connectivity index (χ1v) is 7.74. The van der Waals surface area contributed by atoms with Crippen LogP contribution in [0.15, 0.2) is 24.3 Å². The standard InChI is InChI=1S/C17H26N2O3.ClH/c1-4-18-13(2)12-19-17(21)7-5-6-16(20)14-8-10-15(22-3)11-9-14;/h8-11,13,18H,4-7,12H2,1-3H3,(H,19,21);1H/t13-;/m1./s1. The van der Waals surface area contributed by atoms with Crippen LogP contribution in [-0.2, 0) is 4.79 Å². The Kier molecular flexibility index (Phi) is 11.1. The molecule has 0 aromatic heterocycles. The minimum atomic E-state index is -0.00714. The number of halogens is 1. The second kappa shape index (κ2) is 11.9. The highest BCUT2D eigenvalue weighted by Gasteiger charge is 2.08. The van der Waals surface area contributed by atoms with Crippen molar-refractivity contribution >= 4 is 24.1 Å². The number of likely N-dealkylation sites (N-methyl/N-ethyl adjacent to an activating group) is 1. The fourth-order valence-electron chi connectivity index (χ4n) is 2.11. The van der Waals surface area contributed by atoms with E-state index >= 15 is 0 Å². The smallest absolute Gasteiger partial charge is 0.220 e. The summed E-state index contributed by atoms with van der Waals surface area (Å²) in [5, 5.41) is 6.09. The van der Waals surface area contributed by atoms with Gasteiger partial charge in [-0.2, -0.15) is 0 Å². The molecule has 0 spiro atoms. The zero-order valence-electron chi connectivity index (χ0n) is 14.1. The molecule has 2 N–H and O–H groups in total. The molecular formula is C17H27ClN2O3. The maximum Gasteiger partial charge on any atom is 0.220 e. The van der Waals surface area contributed by atoms with E-state index < -0.39 is 0 Å². The van der Waals surface area contributed by atoms with E-state index in [9.17, 15) is 9.59 Å². The quantitative estimate of drug-likeness (QED) is 0.641. The first-order valence-electron chi connectivity index (χ1n) is 7.74. The van der Waals surface area contributed by atoms with Gasteiger partial charge in [0.1, 0.15) is 5.75 Å². The van der Waals surface area contributed by atoms with Gasteiger partial charge < -0.3 is 15.4 Å². The van der Waals surface area contributed by atoms with Crippen molar-refractivity contribution in [2.75, 3.05) is 20.2 Å². The Hall–Kier alpha value is -1.59. The van der Waals surface area contributed by atoms with Gasteiger partial charge >= 0.3 is 0 Å². The third kappa shape index (κ3) is 8.57. The van der Waals surface area contributed by atoms with E-state index in [0.29, 0.717) is 31.4 Å². The third-order valence-corrected chi connectivity index (χ3v) is 3.38. The number of carbonyl (C=O) groups is 2. The SMILES string of the molecule is CCN[C@H](C)CNC(=O)CCCC(=O)c1ccc(OC)cc1.Cl. The molecule has 0 bridgehead atoms. The molecule has 1 aromatic rings. The lowest BCUT2D eigenvalue weighted by molar-refractivity contribution is -0.121. The first kappa shape index (κ1) is 21.4. The molecule has 0 saturated heterocycles. The molecule has 0 fully saturated rings. The number of methoxy groups -OCH3 is 1. The molecule has 0 unspecified atom stereocenters. The van der Waals surface area contributed by atoms with Gasteiger partial charge in [-0.25, -0.2) is 0 Å². The summed E-state index contributed by atoms with van der Waals surface area (Å²) in [6.45, 7) is 5.55. The zero-order chi connectivity index (χ0) is 16.4. The normalized spacial score (nSPS) is 11.3. The summed E-state index contributed by atoms with van der Waals surface area (Å²) in [4.78, 5) is 23.7. The van der Waals surface area contributed by atoms with Crippen molar-refractivity contribution < 1.29 is 14.3 Å². The molecule has 0 radical (unpaired) electrons. The van der Waals surface area contributed by atoms with Crippen LogP contribution < -0.4 is 15.4 Å². The molecule has 6 heteroatoms. The van der Waals surface area contributed by atoms with Crippen molar-refractivity contribution in [3.8, 4) is 5.75 Å². The van der Waals surface area contributed by atoms with Crippen LogP contribution in [0.25, 0.3) is 0 Å². The molecule has 1 aromatic carbocycles. The lowest BCUT2D eigenvalue weighted by Gasteiger charge is -2.13. The first-order chi connectivity index (χ1) is 10.6. The summed E-state index contributed by atoms with van der Waals surface area (Å²) < 4.78 is 5.06. The Morgan fingerprint density at radius 3 is 2.39 bits per heavy atom. The van der Waals surface area contributed by atoms with E-state index in [4.69, 9.17) is 4.74 Å². The third-order valence-electron chi connectivity index (χ3n) is 3.38. The lowest BCUT2D eigenvalue weighted by Crippen LogP contribution is -2.38. The average Bonchev–Trinajstić information content (AvgIpc) is 2.53. The highest BCUT2D eigenvalue weighted by atomic mass is 35.5. The van der Waals surface area contributed by atoms with Crippen molar-refractivity contribution in [2.24, 2.45) is 0 Å². The summed E-state index contributed by atoms with van der Waals surface area (Å²) in [7, 11) is 1.59. The van der Waals surface area contributed by atoms with Crippen LogP contribution in [0.5, 0.6) is 5.75 Å². The van der Waals surface area contributed by atoms with Crippen LogP contribution in [0.3, 0.4) is 0 Å². The summed E-state index contributed by atoms with van der Waals surface area (Å²) in [5.41, 5.74) is 0.655. The molecule has 130 valence electrons. The van der Waals surface area contributed by atoms with Crippen LogP contribution in [0, 0.1) is 0 Å². The number of benzene rings is 1. The van der Waals surface area contributed by atoms with E-state index in [0.717, 1.165) is 12.3 Å². The maximum absolute atomic E-state index is 12.0. The predicted molar refractivity (Wildman–Crippen MR) is 94.6 cm³/mol. The summed E-state index contributed by atoms with van der Waals surface area (Å²) in [6, 6.07) is 7.29. The van der Waals surface area contributed by atoms with Gasteiger partial charge in [-0.3, -0.25) is 9.59 Å². The minimum absolute atomic E-state index is 0. The van der Waals surface area contributed by atoms with Crippen molar-refractivity contribution in [1.29, 1.82) is 0 Å². The largest absolute Gasteiger partial charge is 0.497 e. The fraction of sp³-hybridized carbons (Fsp3) is 0.529. The Bertz CT molecular complexity index is 477. The summed E-state index contributed by atoms with van der Waals surface area (Å²) in [6.07, 6.45) is 1.32. The Morgan fingerprint density at radius 2 is 1.83 bits per heavy atom. The molecule has 23 heavy (non-hydrogen) atoms. The van der Waals surface area contributed by atoms with E-state index in [-0.39, 0.29) is 30.1 Å². The lowest BCUT2D eigenvalue weighted by atomic mass is 10.1. The summed E-state index contributed by atoms with van der Waals surface area (Å²) in [5.74, 6) is 0.773. The molecule has 0 saturated carbocycles. The molecule has 0 aliphatic rings. The number of ether oxygens (including phenoxy) is 1. The number of hydrogen-bond donors (Lipinski definition) is 2. The van der Waals surface area contributed by atoms with Gasteiger partial charge in [-0.05, 0) is 44.2 Å². The molecule has 0 aliphatic heterocycles. The van der Waals surface area contributed by atoms with Crippen LogP contribution in [-0.4, -0.2) is 37.9 Å². The number of Topliss-reactive ketones (excluding diaryl/α,β-unsaturated/α-hetero) is 1. The van der Waals surface area contributed by atoms with Gasteiger partial charge in [0.15, 0.2) is 5.78 Å². The van der Waals surface area contributed by atoms with Crippen molar-refractivity contribution in [3.63, 3.8) is 0 Å². The van der Waals surface area contributed by atoms with Gasteiger partial charge in [0.05, 0.1) is 7.11 Å². The molecule has 5 nitrogen and oxygen atoms in total. The van der Waals surface area contributed by atoms with Crippen molar-refractivity contribution in [2.45, 2.75) is 39.2 Å². The second-order valence-electron chi connectivity index (χ2n) is 5.27. The van der Waals surface area contributed by atoms with E-state index in [1.54, 1.807) is 31.4 Å². The minimum Gasteiger partial charge on any atom is -0.497 e. The van der Waals surface area contributed by atoms with Crippen LogP contribution in [0.2, 0.25) is 0 Å². The Morgan fingerprint density at radius 1 is 1.17 bits per heavy atom. The summed E-state index contributed by atoms with van der Waals surface area (Å²) >= 11 is 0. The van der Waals surface area contributed by atoms with Gasteiger partial charge in [0.2, 0.25) is 5.91 Å². The van der Waals surface area contributed by atoms with Crippen molar-refractivity contribution in [3.05, 3.63) is 29.8 Å². The highest BCUT2D eigenvalue weighted by Crippen LogP contribution is 2.13. The Labute approximate surface area is 144 Å². The molecule has 0 aliphatic carbocycles. The predicted octanol–water partition coefficient (Wildman–Crippen LogP) is 2.58. The van der Waals surface area contributed by atoms with Gasteiger partial charge in [-0.1, -0.05) is 6.92 Å². The van der Waals surface area contributed by atoms with E-state index in [1.165, 1.54) is 0 Å². The van der Waals surface area contributed by atoms with E-state index in [2.05, 4.69) is 10.6 Å². The van der Waals surface area contributed by atoms with Crippen LogP contribution in [0.4, 0.5) is 0 Å². The fourth-order valence-corrected chi connectivity index (χ4v) is 2.11. The van der Waals surface area contributed by atoms with Gasteiger partial charge in [0, 0.05) is 31.0 Å². The zero-order valence-corrected chi connectivity index (χ0v) is 14.9. The number of hydrogen-bond acceptors (Lipinski definition) is 4. The molecule has 1 atom stereocenters. The highest BCUT2D eigenvalue weighted by molar-refractivity contribution is 5.96. The molecule has 1 amide bonds. The van der Waals surface area contributed by atoms with E-state index in [1.807, 2.05) is 13.8 Å². The average molecular weight is 343 g/mol. The van der Waals surface area contributed by atoms with Gasteiger partial charge in [-0.15, -0.1) is 12.4 Å². The van der Waals surface area contributed by atoms with Crippen LogP contribution >= 0.6 is 12.4 Å². The van der Waals surface area contributed by atoms with Crippen LogP contribution in [0.1, 0.15) is 43.5 Å². The molecule has 0 heterocycles. The number of rotatable bonds is 10. The maximum atomic E-state index is 12.0. The Balaban J connectivity index is 0.00000484. The number of ketones is 1. The number of nitrogens with one attached hydrogen (secondary N) is 2. The second-order valence-corrected chi connectivity index (χ2v) is 5.27. The number of carbonyl (C=O) groups excluding carboxylic acids is 2.